The van der Waals surface area contributed by atoms with Crippen molar-refractivity contribution in [3.05, 3.63) is 12.2 Å². The minimum Gasteiger partial charge on any atom is -0.462 e. The summed E-state index contributed by atoms with van der Waals surface area (Å²) in [6.07, 6.45) is 73.9. The van der Waals surface area contributed by atoms with E-state index in [4.69, 9.17) is 14.2 Å². The van der Waals surface area contributed by atoms with Crippen molar-refractivity contribution in [3.63, 3.8) is 0 Å². The Morgan fingerprint density at radius 1 is 0.300 bits per heavy atom. The molecule has 0 aromatic rings. The van der Waals surface area contributed by atoms with Crippen LogP contribution in [0.15, 0.2) is 12.2 Å². The number of allylic oxidation sites excluding steroid dienone is 2. The van der Waals surface area contributed by atoms with Crippen LogP contribution in [0.2, 0.25) is 0 Å². The van der Waals surface area contributed by atoms with E-state index in [2.05, 4.69) is 32.9 Å². The van der Waals surface area contributed by atoms with Crippen molar-refractivity contribution in [1.82, 2.24) is 0 Å². The molecule has 0 aromatic carbocycles. The summed E-state index contributed by atoms with van der Waals surface area (Å²) < 4.78 is 17.6. The zero-order chi connectivity index (χ0) is 50.6. The molecule has 1 atom stereocenters. The standard InChI is InChI=1S/C65H126O5/c1-4-7-10-13-16-19-22-25-28-30-32-34-36-39-42-45-48-51-54-57-60-68-61-63(70-65(67)59-56-53-50-47-44-41-37-27-24-21-18-15-12-9-6-3)62-69-64(66)58-55-52-49-46-43-40-38-35-33-31-29-26-23-20-17-14-11-8-5-2/h25,28,63H,4-24,26-27,29-62H2,1-3H3/b28-25-. The van der Waals surface area contributed by atoms with Crippen LogP contribution in [0.5, 0.6) is 0 Å². The molecule has 0 saturated carbocycles. The summed E-state index contributed by atoms with van der Waals surface area (Å²) in [5.41, 5.74) is 0. The lowest BCUT2D eigenvalue weighted by Gasteiger charge is -2.18. The molecular weight excluding hydrogens is 861 g/mol. The van der Waals surface area contributed by atoms with E-state index in [1.165, 1.54) is 302 Å². The van der Waals surface area contributed by atoms with E-state index < -0.39 is 6.10 Å². The zero-order valence-electron chi connectivity index (χ0n) is 48.1. The maximum absolute atomic E-state index is 12.9. The Morgan fingerprint density at radius 3 is 0.871 bits per heavy atom. The van der Waals surface area contributed by atoms with E-state index in [1.54, 1.807) is 0 Å². The van der Waals surface area contributed by atoms with E-state index in [1.807, 2.05) is 0 Å². The van der Waals surface area contributed by atoms with Gasteiger partial charge >= 0.3 is 11.9 Å². The molecular formula is C65H126O5. The van der Waals surface area contributed by atoms with Crippen molar-refractivity contribution in [2.24, 2.45) is 0 Å². The van der Waals surface area contributed by atoms with Gasteiger partial charge in [0, 0.05) is 19.4 Å². The minimum atomic E-state index is -0.529. The topological polar surface area (TPSA) is 61.8 Å². The minimum absolute atomic E-state index is 0.0957. The molecule has 5 nitrogen and oxygen atoms in total. The summed E-state index contributed by atoms with van der Waals surface area (Å²) in [4.78, 5) is 25.6. The maximum atomic E-state index is 12.9. The first kappa shape index (κ1) is 68.6. The highest BCUT2D eigenvalue weighted by Gasteiger charge is 2.18. The van der Waals surface area contributed by atoms with Crippen LogP contribution in [0.25, 0.3) is 0 Å². The smallest absolute Gasteiger partial charge is 0.306 e. The van der Waals surface area contributed by atoms with E-state index >= 15 is 0 Å². The first-order valence-electron chi connectivity index (χ1n) is 32.2. The van der Waals surface area contributed by atoms with Gasteiger partial charge in [-0.05, 0) is 44.9 Å². The molecule has 0 aromatic heterocycles. The fourth-order valence-corrected chi connectivity index (χ4v) is 9.98. The van der Waals surface area contributed by atoms with Gasteiger partial charge in [-0.2, -0.15) is 0 Å². The van der Waals surface area contributed by atoms with Gasteiger partial charge in [0.1, 0.15) is 6.61 Å². The normalized spacial score (nSPS) is 12.1. The van der Waals surface area contributed by atoms with Crippen LogP contribution < -0.4 is 0 Å². The Bertz CT molecular complexity index is 1030. The van der Waals surface area contributed by atoms with Crippen LogP contribution in [0.4, 0.5) is 0 Å². The fourth-order valence-electron chi connectivity index (χ4n) is 9.98. The lowest BCUT2D eigenvalue weighted by molar-refractivity contribution is -0.163. The summed E-state index contributed by atoms with van der Waals surface area (Å²) >= 11 is 0. The third kappa shape index (κ3) is 59.2. The molecule has 0 aliphatic carbocycles. The molecule has 0 bridgehead atoms. The maximum Gasteiger partial charge on any atom is 0.306 e. The molecule has 1 unspecified atom stereocenters. The van der Waals surface area contributed by atoms with E-state index in [0.29, 0.717) is 26.1 Å². The number of hydrogen-bond acceptors (Lipinski definition) is 5. The molecule has 0 fully saturated rings. The van der Waals surface area contributed by atoms with Gasteiger partial charge in [0.2, 0.25) is 0 Å². The quantitative estimate of drug-likeness (QED) is 0.0345. The summed E-state index contributed by atoms with van der Waals surface area (Å²) in [7, 11) is 0. The molecule has 70 heavy (non-hydrogen) atoms. The van der Waals surface area contributed by atoms with Crippen LogP contribution in [-0.4, -0.2) is 37.9 Å². The van der Waals surface area contributed by atoms with Gasteiger partial charge in [-0.1, -0.05) is 322 Å². The highest BCUT2D eigenvalue weighted by Crippen LogP contribution is 2.18. The van der Waals surface area contributed by atoms with Crippen molar-refractivity contribution in [2.75, 3.05) is 19.8 Å². The molecule has 0 spiro atoms. The Morgan fingerprint density at radius 2 is 0.557 bits per heavy atom. The Labute approximate surface area is 439 Å². The summed E-state index contributed by atoms with van der Waals surface area (Å²) in [5.74, 6) is -0.365. The SMILES string of the molecule is CCCCCCCC/C=C\CCCCCCCCCCCCOCC(COC(=O)CCCCCCCCCCCCCCCCCCCCC)OC(=O)CCCCCCCCCCCCCCCCC. The molecule has 416 valence electrons. The molecule has 0 heterocycles. The summed E-state index contributed by atoms with van der Waals surface area (Å²) in [5, 5.41) is 0. The first-order chi connectivity index (χ1) is 34.6. The predicted octanol–water partition coefficient (Wildman–Crippen LogP) is 22.1. The number of esters is 2. The van der Waals surface area contributed by atoms with E-state index in [9.17, 15) is 9.59 Å². The van der Waals surface area contributed by atoms with E-state index in [-0.39, 0.29) is 18.5 Å². The predicted molar refractivity (Wildman–Crippen MR) is 307 cm³/mol. The monoisotopic (exact) mass is 987 g/mol. The number of rotatable bonds is 61. The van der Waals surface area contributed by atoms with Gasteiger partial charge in [-0.15, -0.1) is 0 Å². The Hall–Kier alpha value is -1.36. The van der Waals surface area contributed by atoms with E-state index in [0.717, 1.165) is 32.1 Å². The Balaban J connectivity index is 4.18. The number of ether oxygens (including phenoxy) is 3. The molecule has 0 amide bonds. The average Bonchev–Trinajstić information content (AvgIpc) is 3.36. The zero-order valence-corrected chi connectivity index (χ0v) is 48.1. The number of unbranched alkanes of at least 4 members (excludes halogenated alkanes) is 48. The second-order valence-corrected chi connectivity index (χ2v) is 22.0. The fraction of sp³-hybridized carbons (Fsp3) is 0.938. The van der Waals surface area contributed by atoms with Gasteiger partial charge in [-0.25, -0.2) is 0 Å². The number of carbonyl (C=O) groups is 2. The largest absolute Gasteiger partial charge is 0.462 e. The molecule has 0 radical (unpaired) electrons. The van der Waals surface area contributed by atoms with Crippen molar-refractivity contribution in [2.45, 2.75) is 374 Å². The van der Waals surface area contributed by atoms with Crippen molar-refractivity contribution < 1.29 is 23.8 Å². The van der Waals surface area contributed by atoms with Crippen LogP contribution >= 0.6 is 0 Å². The van der Waals surface area contributed by atoms with Gasteiger partial charge in [-0.3, -0.25) is 9.59 Å². The second-order valence-electron chi connectivity index (χ2n) is 22.0. The summed E-state index contributed by atoms with van der Waals surface area (Å²) in [6, 6.07) is 0. The van der Waals surface area contributed by atoms with Crippen LogP contribution in [0.1, 0.15) is 367 Å². The molecule has 0 rings (SSSR count). The van der Waals surface area contributed by atoms with Gasteiger partial charge in [0.05, 0.1) is 6.61 Å². The number of hydrogen-bond donors (Lipinski definition) is 0. The lowest BCUT2D eigenvalue weighted by Crippen LogP contribution is -2.30. The van der Waals surface area contributed by atoms with Gasteiger partial charge < -0.3 is 14.2 Å². The third-order valence-electron chi connectivity index (χ3n) is 14.8. The van der Waals surface area contributed by atoms with Crippen molar-refractivity contribution in [1.29, 1.82) is 0 Å². The molecule has 5 heteroatoms. The van der Waals surface area contributed by atoms with Crippen LogP contribution in [0.3, 0.4) is 0 Å². The Kier molecular flexibility index (Phi) is 60.7. The number of carbonyl (C=O) groups excluding carboxylic acids is 2. The van der Waals surface area contributed by atoms with Crippen molar-refractivity contribution in [3.8, 4) is 0 Å². The second kappa shape index (κ2) is 61.9. The molecule has 0 aliphatic rings. The molecule has 0 N–H and O–H groups in total. The lowest BCUT2D eigenvalue weighted by atomic mass is 10.0. The van der Waals surface area contributed by atoms with Gasteiger partial charge in [0.15, 0.2) is 6.10 Å². The highest BCUT2D eigenvalue weighted by molar-refractivity contribution is 5.70. The van der Waals surface area contributed by atoms with Crippen LogP contribution in [-0.2, 0) is 23.8 Å². The third-order valence-corrected chi connectivity index (χ3v) is 14.8. The van der Waals surface area contributed by atoms with Crippen LogP contribution in [0, 0.1) is 0 Å². The molecule has 0 saturated heterocycles. The average molecular weight is 988 g/mol. The van der Waals surface area contributed by atoms with Gasteiger partial charge in [0.25, 0.3) is 0 Å². The highest BCUT2D eigenvalue weighted by atomic mass is 16.6. The first-order valence-corrected chi connectivity index (χ1v) is 32.2. The van der Waals surface area contributed by atoms with Crippen molar-refractivity contribution >= 4 is 11.9 Å². The molecule has 0 aliphatic heterocycles. The summed E-state index contributed by atoms with van der Waals surface area (Å²) in [6.45, 7) is 7.92.